The van der Waals surface area contributed by atoms with Crippen LogP contribution in [0.4, 0.5) is 5.69 Å². The molecule has 1 amide bonds. The number of pyridine rings is 1. The highest BCUT2D eigenvalue weighted by Crippen LogP contribution is 2.27. The summed E-state index contributed by atoms with van der Waals surface area (Å²) in [6.45, 7) is 4.39. The van der Waals surface area contributed by atoms with E-state index in [1.165, 1.54) is 0 Å². The number of carbonyl (C=O) groups excluding carboxylic acids is 1. The molecule has 19 heavy (non-hydrogen) atoms. The average Bonchev–Trinajstić information content (AvgIpc) is 2.43. The molecule has 0 atom stereocenters. The fourth-order valence-electron chi connectivity index (χ4n) is 1.72. The van der Waals surface area contributed by atoms with E-state index in [2.05, 4.69) is 22.2 Å². The Labute approximate surface area is 116 Å². The molecule has 0 saturated heterocycles. The zero-order chi connectivity index (χ0) is 13.7. The molecule has 4 nitrogen and oxygen atoms in total. The highest BCUT2D eigenvalue weighted by atomic mass is 35.5. The number of amides is 1. The summed E-state index contributed by atoms with van der Waals surface area (Å²) in [5.41, 5.74) is 1.34. The number of rotatable bonds is 5. The highest BCUT2D eigenvalue weighted by molar-refractivity contribution is 6.35. The Morgan fingerprint density at radius 2 is 2.26 bits per heavy atom. The summed E-state index contributed by atoms with van der Waals surface area (Å²) in [6, 6.07) is 7.18. The van der Waals surface area contributed by atoms with E-state index in [-0.39, 0.29) is 12.5 Å². The van der Waals surface area contributed by atoms with Crippen molar-refractivity contribution in [3.63, 3.8) is 0 Å². The van der Waals surface area contributed by atoms with E-state index in [1.807, 2.05) is 12.1 Å². The maximum absolute atomic E-state index is 11.7. The van der Waals surface area contributed by atoms with E-state index in [0.717, 1.165) is 5.39 Å². The van der Waals surface area contributed by atoms with E-state index >= 15 is 0 Å². The molecule has 0 aliphatic heterocycles. The lowest BCUT2D eigenvalue weighted by molar-refractivity contribution is -0.115. The standard InChI is InChI=1S/C14H14ClN3O/c1-2-7-16-9-13(19)18-12-6-5-11(15)10-4-3-8-17-14(10)12/h2-6,8,16H,1,7,9H2,(H,18,19). The van der Waals surface area contributed by atoms with Crippen molar-refractivity contribution in [3.8, 4) is 0 Å². The molecule has 0 unspecified atom stereocenters. The van der Waals surface area contributed by atoms with Crippen molar-refractivity contribution in [1.29, 1.82) is 0 Å². The smallest absolute Gasteiger partial charge is 0.238 e. The zero-order valence-electron chi connectivity index (χ0n) is 10.3. The Kier molecular flexibility index (Phi) is 4.49. The monoisotopic (exact) mass is 275 g/mol. The molecule has 0 radical (unpaired) electrons. The predicted octanol–water partition coefficient (Wildman–Crippen LogP) is 2.60. The molecule has 98 valence electrons. The minimum Gasteiger partial charge on any atom is -0.323 e. The predicted molar refractivity (Wildman–Crippen MR) is 78.4 cm³/mol. The van der Waals surface area contributed by atoms with Gasteiger partial charge in [0.05, 0.1) is 22.8 Å². The molecule has 2 N–H and O–H groups in total. The number of nitrogens with one attached hydrogen (secondary N) is 2. The molecule has 2 aromatic rings. The second-order valence-electron chi connectivity index (χ2n) is 3.96. The van der Waals surface area contributed by atoms with Crippen LogP contribution < -0.4 is 10.6 Å². The van der Waals surface area contributed by atoms with Gasteiger partial charge in [0.2, 0.25) is 5.91 Å². The molecular formula is C14H14ClN3O. The Bertz CT molecular complexity index is 613. The van der Waals surface area contributed by atoms with Crippen LogP contribution in [-0.4, -0.2) is 24.0 Å². The molecule has 0 spiro atoms. The Morgan fingerprint density at radius 1 is 1.42 bits per heavy atom. The van der Waals surface area contributed by atoms with Gasteiger partial charge in [0.1, 0.15) is 0 Å². The number of benzene rings is 1. The van der Waals surface area contributed by atoms with E-state index in [9.17, 15) is 4.79 Å². The maximum atomic E-state index is 11.7. The third-order valence-electron chi connectivity index (χ3n) is 2.56. The molecule has 0 aliphatic rings. The van der Waals surface area contributed by atoms with Crippen LogP contribution in [-0.2, 0) is 4.79 Å². The fourth-order valence-corrected chi connectivity index (χ4v) is 1.94. The first-order chi connectivity index (χ1) is 9.22. The van der Waals surface area contributed by atoms with Gasteiger partial charge in [-0.15, -0.1) is 6.58 Å². The number of halogens is 1. The van der Waals surface area contributed by atoms with Gasteiger partial charge in [-0.2, -0.15) is 0 Å². The van der Waals surface area contributed by atoms with Gasteiger partial charge in [0.15, 0.2) is 0 Å². The highest BCUT2D eigenvalue weighted by Gasteiger charge is 2.08. The van der Waals surface area contributed by atoms with Gasteiger partial charge >= 0.3 is 0 Å². The minimum atomic E-state index is -0.129. The lowest BCUT2D eigenvalue weighted by Crippen LogP contribution is -2.28. The maximum Gasteiger partial charge on any atom is 0.238 e. The molecule has 1 heterocycles. The Hall–Kier alpha value is -1.91. The Morgan fingerprint density at radius 3 is 3.05 bits per heavy atom. The third-order valence-corrected chi connectivity index (χ3v) is 2.89. The average molecular weight is 276 g/mol. The van der Waals surface area contributed by atoms with Crippen molar-refractivity contribution in [2.45, 2.75) is 0 Å². The van der Waals surface area contributed by atoms with Crippen LogP contribution in [0.25, 0.3) is 10.9 Å². The number of hydrogen-bond acceptors (Lipinski definition) is 3. The zero-order valence-corrected chi connectivity index (χ0v) is 11.1. The van der Waals surface area contributed by atoms with Crippen LogP contribution in [0.3, 0.4) is 0 Å². The number of fused-ring (bicyclic) bond motifs is 1. The summed E-state index contributed by atoms with van der Waals surface area (Å²) in [5, 5.41) is 7.19. The molecule has 5 heteroatoms. The first kappa shape index (κ1) is 13.5. The van der Waals surface area contributed by atoms with Crippen LogP contribution in [0.1, 0.15) is 0 Å². The topological polar surface area (TPSA) is 54.0 Å². The van der Waals surface area contributed by atoms with Crippen molar-refractivity contribution < 1.29 is 4.79 Å². The molecular weight excluding hydrogens is 262 g/mol. The third kappa shape index (κ3) is 3.30. The summed E-state index contributed by atoms with van der Waals surface area (Å²) in [5.74, 6) is -0.129. The quantitative estimate of drug-likeness (QED) is 0.651. The summed E-state index contributed by atoms with van der Waals surface area (Å²) in [4.78, 5) is 16.0. The number of nitrogens with zero attached hydrogens (tertiary/aromatic N) is 1. The van der Waals surface area contributed by atoms with E-state index in [0.29, 0.717) is 22.8 Å². The SMILES string of the molecule is C=CCNCC(=O)Nc1ccc(Cl)c2cccnc12. The summed E-state index contributed by atoms with van der Waals surface area (Å²) in [6.07, 6.45) is 3.37. The van der Waals surface area contributed by atoms with Crippen LogP contribution in [0.2, 0.25) is 5.02 Å². The molecule has 1 aromatic heterocycles. The van der Waals surface area contributed by atoms with Crippen LogP contribution in [0.5, 0.6) is 0 Å². The van der Waals surface area contributed by atoms with Gasteiger partial charge < -0.3 is 10.6 Å². The Balaban J connectivity index is 2.19. The van der Waals surface area contributed by atoms with Crippen LogP contribution in [0.15, 0.2) is 43.1 Å². The van der Waals surface area contributed by atoms with E-state index in [1.54, 1.807) is 24.4 Å². The van der Waals surface area contributed by atoms with E-state index < -0.39 is 0 Å². The first-order valence-electron chi connectivity index (χ1n) is 5.87. The van der Waals surface area contributed by atoms with Crippen molar-refractivity contribution in [2.75, 3.05) is 18.4 Å². The normalized spacial score (nSPS) is 10.4. The van der Waals surface area contributed by atoms with Gasteiger partial charge in [0, 0.05) is 18.1 Å². The summed E-state index contributed by atoms with van der Waals surface area (Å²) >= 11 is 6.09. The van der Waals surface area contributed by atoms with E-state index in [4.69, 9.17) is 11.6 Å². The van der Waals surface area contributed by atoms with Crippen molar-refractivity contribution in [1.82, 2.24) is 10.3 Å². The largest absolute Gasteiger partial charge is 0.323 e. The van der Waals surface area contributed by atoms with Crippen molar-refractivity contribution in [3.05, 3.63) is 48.1 Å². The minimum absolute atomic E-state index is 0.129. The molecule has 0 fully saturated rings. The second kappa shape index (κ2) is 6.31. The van der Waals surface area contributed by atoms with Gasteiger partial charge in [-0.25, -0.2) is 0 Å². The molecule has 2 rings (SSSR count). The lowest BCUT2D eigenvalue weighted by atomic mass is 10.2. The molecule has 0 saturated carbocycles. The number of carbonyl (C=O) groups is 1. The number of anilines is 1. The fraction of sp³-hybridized carbons (Fsp3) is 0.143. The van der Waals surface area contributed by atoms with Gasteiger partial charge in [0.25, 0.3) is 0 Å². The molecule has 1 aromatic carbocycles. The number of aromatic nitrogens is 1. The number of hydrogen-bond donors (Lipinski definition) is 2. The lowest BCUT2D eigenvalue weighted by Gasteiger charge is -2.09. The van der Waals surface area contributed by atoms with Gasteiger partial charge in [-0.3, -0.25) is 9.78 Å². The van der Waals surface area contributed by atoms with Crippen LogP contribution >= 0.6 is 11.6 Å². The summed E-state index contributed by atoms with van der Waals surface area (Å²) in [7, 11) is 0. The van der Waals surface area contributed by atoms with Gasteiger partial charge in [-0.1, -0.05) is 17.7 Å². The molecule has 0 bridgehead atoms. The van der Waals surface area contributed by atoms with Crippen molar-refractivity contribution >= 4 is 34.1 Å². The molecule has 0 aliphatic carbocycles. The first-order valence-corrected chi connectivity index (χ1v) is 6.25. The van der Waals surface area contributed by atoms with Gasteiger partial charge in [-0.05, 0) is 24.3 Å². The summed E-state index contributed by atoms with van der Waals surface area (Å²) < 4.78 is 0. The van der Waals surface area contributed by atoms with Crippen molar-refractivity contribution in [2.24, 2.45) is 0 Å². The second-order valence-corrected chi connectivity index (χ2v) is 4.37. The van der Waals surface area contributed by atoms with Crippen LogP contribution in [0, 0.1) is 0 Å².